The van der Waals surface area contributed by atoms with Crippen LogP contribution >= 0.6 is 23.2 Å². The first-order chi connectivity index (χ1) is 14.4. The number of aromatic amines is 1. The van der Waals surface area contributed by atoms with Gasteiger partial charge in [-0.15, -0.1) is 23.2 Å². The summed E-state index contributed by atoms with van der Waals surface area (Å²) in [7, 11) is 0. The molecule has 0 fully saturated rings. The van der Waals surface area contributed by atoms with E-state index in [1.807, 2.05) is 24.0 Å². The van der Waals surface area contributed by atoms with Gasteiger partial charge in [0.2, 0.25) is 0 Å². The number of nitrogens with one attached hydrogen (secondary N) is 1. The van der Waals surface area contributed by atoms with E-state index in [4.69, 9.17) is 23.2 Å². The Balaban J connectivity index is 2.35. The largest absolute Gasteiger partial charge is 0.396 e. The Morgan fingerprint density at radius 3 is 2.40 bits per heavy atom. The van der Waals surface area contributed by atoms with Gasteiger partial charge in [-0.3, -0.25) is 9.78 Å². The summed E-state index contributed by atoms with van der Waals surface area (Å²) in [6, 6.07) is 3.73. The molecule has 0 bridgehead atoms. The van der Waals surface area contributed by atoms with Crippen LogP contribution in [0.25, 0.3) is 22.6 Å². The maximum atomic E-state index is 12.3. The van der Waals surface area contributed by atoms with Gasteiger partial charge in [-0.25, -0.2) is 9.78 Å². The van der Waals surface area contributed by atoms with E-state index in [0.29, 0.717) is 35.9 Å². The summed E-state index contributed by atoms with van der Waals surface area (Å²) < 4.78 is 1.65. The minimum absolute atomic E-state index is 0.0160. The Labute approximate surface area is 182 Å². The molecule has 2 aliphatic heterocycles. The molecule has 2 aliphatic rings. The summed E-state index contributed by atoms with van der Waals surface area (Å²) in [5.74, 6) is 0.418. The molecule has 2 heterocycles. The minimum Gasteiger partial charge on any atom is -0.396 e. The van der Waals surface area contributed by atoms with Crippen LogP contribution in [0.3, 0.4) is 0 Å². The van der Waals surface area contributed by atoms with Gasteiger partial charge in [0.25, 0.3) is 5.56 Å². The third-order valence-electron chi connectivity index (χ3n) is 4.93. The molecule has 11 heteroatoms. The summed E-state index contributed by atoms with van der Waals surface area (Å²) in [6.07, 6.45) is 0. The maximum absolute atomic E-state index is 12.3. The lowest BCUT2D eigenvalue weighted by Gasteiger charge is -2.27. The average molecular weight is 456 g/mol. The van der Waals surface area contributed by atoms with Gasteiger partial charge in [0.15, 0.2) is 11.5 Å². The van der Waals surface area contributed by atoms with Gasteiger partial charge in [-0.05, 0) is 24.6 Å². The number of fused-ring (bicyclic) bond motifs is 2. The number of nitrogens with zero attached hydrogens (tertiary/aromatic N) is 4. The Morgan fingerprint density at radius 1 is 1.13 bits per heavy atom. The van der Waals surface area contributed by atoms with Crippen LogP contribution in [0.1, 0.15) is 5.56 Å². The van der Waals surface area contributed by atoms with Crippen LogP contribution in [0.2, 0.25) is 0 Å². The molecule has 0 saturated carbocycles. The normalized spacial score (nSPS) is 11.7. The number of H-pyrrole nitrogens is 1. The van der Waals surface area contributed by atoms with Crippen molar-refractivity contribution in [2.45, 2.75) is 13.5 Å². The number of benzene rings is 1. The third kappa shape index (κ3) is 4.44. The van der Waals surface area contributed by atoms with Gasteiger partial charge < -0.3 is 19.7 Å². The zero-order valence-corrected chi connectivity index (χ0v) is 17.9. The topological polar surface area (TPSA) is 124 Å². The van der Waals surface area contributed by atoms with Gasteiger partial charge in [0.1, 0.15) is 0 Å². The summed E-state index contributed by atoms with van der Waals surface area (Å²) in [4.78, 5) is 36.8. The molecule has 9 nitrogen and oxygen atoms in total. The molecular weight excluding hydrogens is 433 g/mol. The minimum atomic E-state index is -0.787. The number of halogens is 2. The summed E-state index contributed by atoms with van der Waals surface area (Å²) in [5.41, 5.74) is 1.53. The molecule has 1 aromatic carbocycles. The van der Waals surface area contributed by atoms with Crippen molar-refractivity contribution in [2.24, 2.45) is 5.92 Å². The van der Waals surface area contributed by atoms with Crippen LogP contribution < -0.4 is 16.1 Å². The van der Waals surface area contributed by atoms with Crippen molar-refractivity contribution in [1.82, 2.24) is 19.5 Å². The first-order valence-electron chi connectivity index (χ1n) is 9.47. The second-order valence-corrected chi connectivity index (χ2v) is 7.75. The Hall–Kier alpha value is -2.20. The van der Waals surface area contributed by atoms with Crippen molar-refractivity contribution in [1.29, 1.82) is 0 Å². The number of aliphatic hydroxyl groups excluding tert-OH is 2. The smallest absolute Gasteiger partial charge is 0.349 e. The van der Waals surface area contributed by atoms with E-state index >= 15 is 0 Å². The molecule has 0 aliphatic carbocycles. The fourth-order valence-electron chi connectivity index (χ4n) is 3.45. The first kappa shape index (κ1) is 22.5. The van der Waals surface area contributed by atoms with Crippen LogP contribution in [0.5, 0.6) is 0 Å². The van der Waals surface area contributed by atoms with Crippen LogP contribution in [0, 0.1) is 12.8 Å². The SMILES string of the molecule is Cc1cc2nc3c(=O)[nH]c(=O)nc-3n(CC(CO)CO)c2cc1N(CCCl)CCCl. The highest BCUT2D eigenvalue weighted by Gasteiger charge is 2.22. The molecule has 1 aromatic rings. The van der Waals surface area contributed by atoms with E-state index in [-0.39, 0.29) is 31.3 Å². The van der Waals surface area contributed by atoms with E-state index in [2.05, 4.69) is 15.0 Å². The van der Waals surface area contributed by atoms with E-state index in [0.717, 1.165) is 11.3 Å². The molecule has 162 valence electrons. The fourth-order valence-corrected chi connectivity index (χ4v) is 3.86. The predicted octanol–water partition coefficient (Wildman–Crippen LogP) is 0.778. The molecule has 3 rings (SSSR count). The summed E-state index contributed by atoms with van der Waals surface area (Å²) >= 11 is 11.9. The number of hydrogen-bond donors (Lipinski definition) is 3. The number of aliphatic hydroxyl groups is 2. The molecule has 0 saturated heterocycles. The highest BCUT2D eigenvalue weighted by Crippen LogP contribution is 2.29. The molecule has 0 spiro atoms. The standard InChI is InChI=1S/C19H23Cl2N5O4/c1-11-6-13-15(7-14(11)25(4-2-20)5-3-21)26(8-12(9-27)10-28)17-16(22-13)18(29)24-19(30)23-17/h6-7,12,27-28H,2-5,8-10H2,1H3,(H,24,29,30). The lowest BCUT2D eigenvalue weighted by molar-refractivity contribution is 0.138. The van der Waals surface area contributed by atoms with E-state index < -0.39 is 17.2 Å². The third-order valence-corrected chi connectivity index (χ3v) is 5.27. The van der Waals surface area contributed by atoms with Gasteiger partial charge in [-0.1, -0.05) is 0 Å². The number of aromatic nitrogens is 4. The second kappa shape index (κ2) is 9.74. The second-order valence-electron chi connectivity index (χ2n) is 6.99. The van der Waals surface area contributed by atoms with Crippen molar-refractivity contribution < 1.29 is 10.2 Å². The number of rotatable bonds is 9. The Bertz CT molecular complexity index is 1110. The lowest BCUT2D eigenvalue weighted by atomic mass is 10.1. The van der Waals surface area contributed by atoms with E-state index in [1.54, 1.807) is 4.57 Å². The molecular formula is C19H23Cl2N5O4. The lowest BCUT2D eigenvalue weighted by Crippen LogP contribution is -2.31. The zero-order chi connectivity index (χ0) is 21.8. The molecule has 0 unspecified atom stereocenters. The first-order valence-corrected chi connectivity index (χ1v) is 10.5. The number of anilines is 1. The Kier molecular flexibility index (Phi) is 7.30. The van der Waals surface area contributed by atoms with Gasteiger partial charge in [0.05, 0.1) is 11.0 Å². The van der Waals surface area contributed by atoms with Crippen LogP contribution in [-0.2, 0) is 6.54 Å². The quantitative estimate of drug-likeness (QED) is 0.321. The van der Waals surface area contributed by atoms with Crippen LogP contribution in [0.15, 0.2) is 21.7 Å². The van der Waals surface area contributed by atoms with E-state index in [1.165, 1.54) is 0 Å². The fraction of sp³-hybridized carbons (Fsp3) is 0.474. The average Bonchev–Trinajstić information content (AvgIpc) is 2.71. The van der Waals surface area contributed by atoms with E-state index in [9.17, 15) is 19.8 Å². The number of hydrogen-bond acceptors (Lipinski definition) is 7. The number of alkyl halides is 2. The number of aryl methyl sites for hydroxylation is 1. The predicted molar refractivity (Wildman–Crippen MR) is 117 cm³/mol. The molecule has 30 heavy (non-hydrogen) atoms. The van der Waals surface area contributed by atoms with Crippen molar-refractivity contribution in [3.8, 4) is 11.5 Å². The van der Waals surface area contributed by atoms with Gasteiger partial charge in [-0.2, -0.15) is 4.98 Å². The maximum Gasteiger partial charge on any atom is 0.349 e. The van der Waals surface area contributed by atoms with Crippen molar-refractivity contribution in [2.75, 3.05) is 43.0 Å². The summed E-state index contributed by atoms with van der Waals surface area (Å²) in [5, 5.41) is 19.2. The van der Waals surface area contributed by atoms with Crippen LogP contribution in [0.4, 0.5) is 5.69 Å². The molecule has 0 aromatic heterocycles. The monoisotopic (exact) mass is 455 g/mol. The van der Waals surface area contributed by atoms with Gasteiger partial charge >= 0.3 is 5.69 Å². The zero-order valence-electron chi connectivity index (χ0n) is 16.4. The van der Waals surface area contributed by atoms with Crippen LogP contribution in [-0.4, -0.2) is 67.8 Å². The summed E-state index contributed by atoms with van der Waals surface area (Å²) in [6.45, 7) is 2.69. The highest BCUT2D eigenvalue weighted by molar-refractivity contribution is 6.18. The van der Waals surface area contributed by atoms with Crippen molar-refractivity contribution >= 4 is 39.9 Å². The van der Waals surface area contributed by atoms with Gasteiger partial charge in [0, 0.05) is 56.2 Å². The molecule has 3 N–H and O–H groups in total. The van der Waals surface area contributed by atoms with Crippen molar-refractivity contribution in [3.63, 3.8) is 0 Å². The Morgan fingerprint density at radius 2 is 1.80 bits per heavy atom. The molecule has 0 radical (unpaired) electrons. The molecule has 0 amide bonds. The molecule has 0 atom stereocenters. The van der Waals surface area contributed by atoms with Crippen molar-refractivity contribution in [3.05, 3.63) is 38.5 Å². The highest BCUT2D eigenvalue weighted by atomic mass is 35.5.